The molecule has 92 valence electrons. The Balaban J connectivity index is 2.28. The fourth-order valence-corrected chi connectivity index (χ4v) is 1.82. The van der Waals surface area contributed by atoms with Crippen LogP contribution in [0.2, 0.25) is 0 Å². The van der Waals surface area contributed by atoms with Crippen molar-refractivity contribution in [2.45, 2.75) is 6.42 Å². The lowest BCUT2D eigenvalue weighted by Gasteiger charge is -2.07. The van der Waals surface area contributed by atoms with Crippen LogP contribution in [0.1, 0.15) is 21.5 Å². The summed E-state index contributed by atoms with van der Waals surface area (Å²) in [5.74, 6) is -0.0932. The molecule has 3 nitrogen and oxygen atoms in total. The number of benzene rings is 2. The summed E-state index contributed by atoms with van der Waals surface area (Å²) in [6.45, 7) is 0. The summed E-state index contributed by atoms with van der Waals surface area (Å²) in [5, 5.41) is 9.23. The Morgan fingerprint density at radius 1 is 1.11 bits per heavy atom. The molecule has 0 aromatic heterocycles. The second-order valence-electron chi connectivity index (χ2n) is 3.99. The molecule has 0 atom stereocenters. The van der Waals surface area contributed by atoms with Gasteiger partial charge in [-0.15, -0.1) is 0 Å². The summed E-state index contributed by atoms with van der Waals surface area (Å²) in [7, 11) is 1.37. The highest BCUT2D eigenvalue weighted by atomic mass is 16.5. The molecule has 0 saturated carbocycles. The van der Waals surface area contributed by atoms with Gasteiger partial charge in [0.2, 0.25) is 0 Å². The van der Waals surface area contributed by atoms with E-state index in [1.807, 2.05) is 30.3 Å². The Morgan fingerprint density at radius 2 is 1.78 bits per heavy atom. The zero-order chi connectivity index (χ0) is 13.0. The SMILES string of the molecule is COC(=O)c1ccccc1Cc1ccc(O)cc1. The van der Waals surface area contributed by atoms with Crippen LogP contribution in [0, 0.1) is 0 Å². The van der Waals surface area contributed by atoms with E-state index in [2.05, 4.69) is 0 Å². The fourth-order valence-electron chi connectivity index (χ4n) is 1.82. The van der Waals surface area contributed by atoms with Crippen molar-refractivity contribution in [1.29, 1.82) is 0 Å². The van der Waals surface area contributed by atoms with Gasteiger partial charge in [0.1, 0.15) is 5.75 Å². The third-order valence-corrected chi connectivity index (χ3v) is 2.75. The Morgan fingerprint density at radius 3 is 2.44 bits per heavy atom. The maximum atomic E-state index is 11.6. The molecule has 2 aromatic rings. The van der Waals surface area contributed by atoms with Gasteiger partial charge in [0.05, 0.1) is 12.7 Å². The number of carbonyl (C=O) groups is 1. The van der Waals surface area contributed by atoms with Crippen LogP contribution in [-0.4, -0.2) is 18.2 Å². The predicted octanol–water partition coefficient (Wildman–Crippen LogP) is 2.77. The van der Waals surface area contributed by atoms with Crippen molar-refractivity contribution in [2.75, 3.05) is 7.11 Å². The van der Waals surface area contributed by atoms with Crippen molar-refractivity contribution in [3.8, 4) is 5.75 Å². The van der Waals surface area contributed by atoms with E-state index in [0.29, 0.717) is 12.0 Å². The number of methoxy groups -OCH3 is 1. The number of phenolic OH excluding ortho intramolecular Hbond substituents is 1. The van der Waals surface area contributed by atoms with E-state index in [1.165, 1.54) is 7.11 Å². The second kappa shape index (κ2) is 5.36. The molecule has 3 heteroatoms. The Bertz CT molecular complexity index is 544. The maximum Gasteiger partial charge on any atom is 0.338 e. The van der Waals surface area contributed by atoms with E-state index in [4.69, 9.17) is 4.74 Å². The van der Waals surface area contributed by atoms with Gasteiger partial charge < -0.3 is 9.84 Å². The molecule has 0 aliphatic heterocycles. The third-order valence-electron chi connectivity index (χ3n) is 2.75. The molecular weight excluding hydrogens is 228 g/mol. The molecular formula is C15H14O3. The van der Waals surface area contributed by atoms with Gasteiger partial charge >= 0.3 is 5.97 Å². The molecule has 0 radical (unpaired) electrons. The van der Waals surface area contributed by atoms with Crippen molar-refractivity contribution < 1.29 is 14.6 Å². The molecule has 0 amide bonds. The van der Waals surface area contributed by atoms with Gasteiger partial charge in [-0.05, 0) is 35.7 Å². The largest absolute Gasteiger partial charge is 0.508 e. The topological polar surface area (TPSA) is 46.5 Å². The molecule has 18 heavy (non-hydrogen) atoms. The number of hydrogen-bond donors (Lipinski definition) is 1. The number of carbonyl (C=O) groups excluding carboxylic acids is 1. The van der Waals surface area contributed by atoms with Gasteiger partial charge in [-0.1, -0.05) is 30.3 Å². The first kappa shape index (κ1) is 12.2. The number of ether oxygens (including phenoxy) is 1. The number of phenols is 1. The summed E-state index contributed by atoms with van der Waals surface area (Å²) in [4.78, 5) is 11.6. The quantitative estimate of drug-likeness (QED) is 0.842. The summed E-state index contributed by atoms with van der Waals surface area (Å²) in [6, 6.07) is 14.3. The van der Waals surface area contributed by atoms with Crippen molar-refractivity contribution in [3.05, 3.63) is 65.2 Å². The van der Waals surface area contributed by atoms with Crippen molar-refractivity contribution >= 4 is 5.97 Å². The highest BCUT2D eigenvalue weighted by molar-refractivity contribution is 5.91. The molecule has 0 heterocycles. The van der Waals surface area contributed by atoms with Crippen LogP contribution >= 0.6 is 0 Å². The lowest BCUT2D eigenvalue weighted by molar-refractivity contribution is 0.0599. The van der Waals surface area contributed by atoms with E-state index in [1.54, 1.807) is 18.2 Å². The van der Waals surface area contributed by atoms with Crippen molar-refractivity contribution in [2.24, 2.45) is 0 Å². The normalized spacial score (nSPS) is 10.1. The standard InChI is InChI=1S/C15H14O3/c1-18-15(17)14-5-3-2-4-12(14)10-11-6-8-13(16)9-7-11/h2-9,16H,10H2,1H3. The first-order valence-corrected chi connectivity index (χ1v) is 5.65. The van der Waals surface area contributed by atoms with Gasteiger partial charge in [0, 0.05) is 0 Å². The molecule has 0 bridgehead atoms. The minimum Gasteiger partial charge on any atom is -0.508 e. The zero-order valence-corrected chi connectivity index (χ0v) is 10.1. The molecule has 1 N–H and O–H groups in total. The highest BCUT2D eigenvalue weighted by Crippen LogP contribution is 2.17. The summed E-state index contributed by atoms with van der Waals surface area (Å²) in [5.41, 5.74) is 2.52. The Labute approximate surface area is 106 Å². The maximum absolute atomic E-state index is 11.6. The lowest BCUT2D eigenvalue weighted by atomic mass is 10.00. The van der Waals surface area contributed by atoms with Crippen molar-refractivity contribution in [3.63, 3.8) is 0 Å². The summed E-state index contributed by atoms with van der Waals surface area (Å²) >= 11 is 0. The van der Waals surface area contributed by atoms with E-state index in [9.17, 15) is 9.90 Å². The zero-order valence-electron chi connectivity index (χ0n) is 10.1. The Kier molecular flexibility index (Phi) is 3.63. The molecule has 0 aliphatic carbocycles. The van der Waals surface area contributed by atoms with Crippen molar-refractivity contribution in [1.82, 2.24) is 0 Å². The van der Waals surface area contributed by atoms with Crippen LogP contribution in [0.3, 0.4) is 0 Å². The first-order valence-electron chi connectivity index (χ1n) is 5.65. The Hall–Kier alpha value is -2.29. The van der Waals surface area contributed by atoms with Crippen LogP contribution < -0.4 is 0 Å². The van der Waals surface area contributed by atoms with Gasteiger partial charge in [-0.2, -0.15) is 0 Å². The van der Waals surface area contributed by atoms with Crippen LogP contribution in [-0.2, 0) is 11.2 Å². The van der Waals surface area contributed by atoms with Crippen LogP contribution in [0.25, 0.3) is 0 Å². The molecule has 0 unspecified atom stereocenters. The third kappa shape index (κ3) is 2.69. The monoisotopic (exact) mass is 242 g/mol. The molecule has 2 rings (SSSR count). The predicted molar refractivity (Wildman–Crippen MR) is 68.7 cm³/mol. The molecule has 2 aromatic carbocycles. The molecule has 0 saturated heterocycles. The van der Waals surface area contributed by atoms with Gasteiger partial charge in [0.25, 0.3) is 0 Å². The molecule has 0 aliphatic rings. The average molecular weight is 242 g/mol. The minimum absolute atomic E-state index is 0.236. The highest BCUT2D eigenvalue weighted by Gasteiger charge is 2.10. The van der Waals surface area contributed by atoms with Gasteiger partial charge in [-0.25, -0.2) is 4.79 Å². The van der Waals surface area contributed by atoms with Crippen LogP contribution in [0.15, 0.2) is 48.5 Å². The first-order chi connectivity index (χ1) is 8.70. The van der Waals surface area contributed by atoms with E-state index >= 15 is 0 Å². The second-order valence-corrected chi connectivity index (χ2v) is 3.99. The van der Waals surface area contributed by atoms with Gasteiger partial charge in [-0.3, -0.25) is 0 Å². The molecule has 0 fully saturated rings. The summed E-state index contributed by atoms with van der Waals surface area (Å²) in [6.07, 6.45) is 0.631. The number of hydrogen-bond acceptors (Lipinski definition) is 3. The van der Waals surface area contributed by atoms with E-state index in [-0.39, 0.29) is 11.7 Å². The fraction of sp³-hybridized carbons (Fsp3) is 0.133. The number of esters is 1. The minimum atomic E-state index is -0.329. The number of rotatable bonds is 3. The van der Waals surface area contributed by atoms with Gasteiger partial charge in [0.15, 0.2) is 0 Å². The van der Waals surface area contributed by atoms with E-state index in [0.717, 1.165) is 11.1 Å². The van der Waals surface area contributed by atoms with E-state index < -0.39 is 0 Å². The smallest absolute Gasteiger partial charge is 0.338 e. The average Bonchev–Trinajstić information content (AvgIpc) is 2.41. The molecule has 0 spiro atoms. The number of aromatic hydroxyl groups is 1. The van der Waals surface area contributed by atoms with Crippen LogP contribution in [0.5, 0.6) is 5.75 Å². The lowest BCUT2D eigenvalue weighted by Crippen LogP contribution is -2.05. The van der Waals surface area contributed by atoms with Crippen LogP contribution in [0.4, 0.5) is 0 Å². The summed E-state index contributed by atoms with van der Waals surface area (Å²) < 4.78 is 4.75.